The maximum absolute atomic E-state index is 10.4. The van der Waals surface area contributed by atoms with Crippen LogP contribution in [-0.2, 0) is 14.3 Å². The molecule has 0 unspecified atom stereocenters. The van der Waals surface area contributed by atoms with Crippen LogP contribution in [0.1, 0.15) is 15.3 Å². The van der Waals surface area contributed by atoms with Crippen molar-refractivity contribution in [3.63, 3.8) is 0 Å². The van der Waals surface area contributed by atoms with Crippen molar-refractivity contribution >= 4 is 11.9 Å². The maximum Gasteiger partial charge on any atom is 1.00 e. The molecule has 0 aromatic rings. The number of ether oxygens (including phenoxy) is 1. The zero-order valence-electron chi connectivity index (χ0n) is 7.38. The summed E-state index contributed by atoms with van der Waals surface area (Å²) in [7, 11) is 0. The number of nitrogens with two attached hydrogens (primary N) is 1. The van der Waals surface area contributed by atoms with E-state index >= 15 is 0 Å². The summed E-state index contributed by atoms with van der Waals surface area (Å²) in [4.78, 5) is 20.4. The summed E-state index contributed by atoms with van der Waals surface area (Å²) in [5.41, 5.74) is 5.06. The van der Waals surface area contributed by atoms with Gasteiger partial charge in [-0.3, -0.25) is 4.79 Å². The molecule has 0 rings (SSSR count). The third-order valence-electron chi connectivity index (χ3n) is 0.616. The Morgan fingerprint density at radius 3 is 2.10 bits per heavy atom. The summed E-state index contributed by atoms with van der Waals surface area (Å²) in [6.45, 7) is 2.60. The van der Waals surface area contributed by atoms with Crippen LogP contribution < -0.4 is 35.3 Å². The van der Waals surface area contributed by atoms with Crippen LogP contribution in [0.15, 0.2) is 0 Å². The van der Waals surface area contributed by atoms with Gasteiger partial charge in [-0.1, -0.05) is 0 Å². The van der Waals surface area contributed by atoms with Gasteiger partial charge in [-0.15, -0.1) is 0 Å². The predicted octanol–water partition coefficient (Wildman–Crippen LogP) is -3.46. The van der Waals surface area contributed by atoms with E-state index in [4.69, 9.17) is 5.73 Å². The second-order valence-corrected chi connectivity index (χ2v) is 1.70. The number of rotatable bonds is 1. The van der Waals surface area contributed by atoms with Crippen molar-refractivity contribution in [2.75, 3.05) is 0 Å². The van der Waals surface area contributed by atoms with Gasteiger partial charge in [-0.25, -0.2) is 4.79 Å². The second kappa shape index (κ2) is 5.85. The van der Waals surface area contributed by atoms with Crippen LogP contribution in [0.4, 0.5) is 0 Å². The van der Waals surface area contributed by atoms with Crippen LogP contribution >= 0.6 is 0 Å². The van der Waals surface area contributed by atoms with Crippen molar-refractivity contribution in [2.45, 2.75) is 19.9 Å². The predicted molar refractivity (Wildman–Crippen MR) is 31.5 cm³/mol. The van der Waals surface area contributed by atoms with E-state index in [2.05, 4.69) is 4.74 Å². The Kier molecular flexibility index (Phi) is 7.46. The summed E-state index contributed by atoms with van der Waals surface area (Å²) in [5.74, 6) is -1.32. The fraction of sp³-hybridized carbons (Fsp3) is 0.600. The normalized spacial score (nSPS) is 11.1. The van der Waals surface area contributed by atoms with Crippen LogP contribution in [0, 0.1) is 0 Å². The Hall–Kier alpha value is 0.1000. The molecule has 0 spiro atoms. The van der Waals surface area contributed by atoms with E-state index < -0.39 is 18.0 Å². The van der Waals surface area contributed by atoms with Gasteiger partial charge in [0.15, 0.2) is 0 Å². The molecule has 4 nitrogen and oxygen atoms in total. The molecular formula is C5H10NNaO3. The molecule has 0 saturated carbocycles. The molecule has 0 aliphatic heterocycles. The third kappa shape index (κ3) is 6.22. The first-order valence-corrected chi connectivity index (χ1v) is 2.52. The van der Waals surface area contributed by atoms with E-state index in [0.717, 1.165) is 6.92 Å². The summed E-state index contributed by atoms with van der Waals surface area (Å²) in [5, 5.41) is 0. The average molecular weight is 155 g/mol. The maximum atomic E-state index is 10.4. The fourth-order valence-electron chi connectivity index (χ4n) is 0.235. The van der Waals surface area contributed by atoms with Gasteiger partial charge in [0, 0.05) is 6.92 Å². The molecule has 5 heteroatoms. The first-order chi connectivity index (χ1) is 4.04. The van der Waals surface area contributed by atoms with E-state index in [1.54, 1.807) is 0 Å². The van der Waals surface area contributed by atoms with E-state index in [9.17, 15) is 9.59 Å². The Balaban J connectivity index is -0.000000320. The molecule has 0 aliphatic rings. The zero-order valence-corrected chi connectivity index (χ0v) is 8.38. The minimum absolute atomic E-state index is 0. The molecule has 1 atom stereocenters. The Morgan fingerprint density at radius 1 is 1.60 bits per heavy atom. The Labute approximate surface area is 82.9 Å². The molecule has 0 heterocycles. The molecule has 0 radical (unpaired) electrons. The quantitative estimate of drug-likeness (QED) is 0.243. The van der Waals surface area contributed by atoms with Crippen molar-refractivity contribution in [2.24, 2.45) is 5.73 Å². The Bertz CT molecular complexity index is 140. The van der Waals surface area contributed by atoms with Crippen LogP contribution in [0.5, 0.6) is 0 Å². The van der Waals surface area contributed by atoms with Crippen LogP contribution in [0.3, 0.4) is 0 Å². The number of carbonyl (C=O) groups is 2. The molecule has 0 amide bonds. The van der Waals surface area contributed by atoms with E-state index in [1.165, 1.54) is 6.92 Å². The summed E-state index contributed by atoms with van der Waals surface area (Å²) < 4.78 is 4.11. The standard InChI is InChI=1S/C5H9NO3.Na.H/c1-3(6)5(8)9-4(2)7;;/h3H,6H2,1-2H3;;/q;+1;-1/t3-;;/m0../s1. The van der Waals surface area contributed by atoms with Crippen molar-refractivity contribution in [3.05, 3.63) is 0 Å². The largest absolute Gasteiger partial charge is 1.00 e. The minimum atomic E-state index is -0.728. The topological polar surface area (TPSA) is 69.4 Å². The first-order valence-electron chi connectivity index (χ1n) is 2.52. The molecule has 0 aliphatic carbocycles. The molecule has 54 valence electrons. The summed E-state index contributed by atoms with van der Waals surface area (Å²) in [6, 6.07) is -0.728. The van der Waals surface area contributed by atoms with Crippen molar-refractivity contribution in [1.29, 1.82) is 0 Å². The van der Waals surface area contributed by atoms with Gasteiger partial charge < -0.3 is 11.9 Å². The van der Waals surface area contributed by atoms with Gasteiger partial charge in [0.2, 0.25) is 0 Å². The molecule has 0 bridgehead atoms. The molecule has 0 aromatic carbocycles. The van der Waals surface area contributed by atoms with Crippen LogP contribution in [0.2, 0.25) is 0 Å². The van der Waals surface area contributed by atoms with Crippen LogP contribution in [-0.4, -0.2) is 18.0 Å². The summed E-state index contributed by atoms with van der Waals surface area (Å²) >= 11 is 0. The molecule has 0 aromatic heterocycles. The second-order valence-electron chi connectivity index (χ2n) is 1.70. The first kappa shape index (κ1) is 12.7. The van der Waals surface area contributed by atoms with Crippen LogP contribution in [0.25, 0.3) is 0 Å². The van der Waals surface area contributed by atoms with Crippen molar-refractivity contribution in [1.82, 2.24) is 0 Å². The number of hydrogen-bond acceptors (Lipinski definition) is 4. The monoisotopic (exact) mass is 155 g/mol. The van der Waals surface area contributed by atoms with E-state index in [1.807, 2.05) is 0 Å². The summed E-state index contributed by atoms with van der Waals surface area (Å²) in [6.07, 6.45) is 0. The molecular weight excluding hydrogens is 145 g/mol. The molecule has 2 N–H and O–H groups in total. The van der Waals surface area contributed by atoms with E-state index in [0.29, 0.717) is 0 Å². The van der Waals surface area contributed by atoms with Crippen molar-refractivity contribution < 1.29 is 45.3 Å². The smallest absolute Gasteiger partial charge is 1.00 e. The van der Waals surface area contributed by atoms with Gasteiger partial charge in [0.05, 0.1) is 0 Å². The number of carbonyl (C=O) groups excluding carboxylic acids is 2. The fourth-order valence-corrected chi connectivity index (χ4v) is 0.235. The van der Waals surface area contributed by atoms with Gasteiger partial charge in [0.1, 0.15) is 6.04 Å². The van der Waals surface area contributed by atoms with Gasteiger partial charge in [-0.05, 0) is 6.92 Å². The Morgan fingerprint density at radius 2 is 2.00 bits per heavy atom. The third-order valence-corrected chi connectivity index (χ3v) is 0.616. The van der Waals surface area contributed by atoms with Gasteiger partial charge in [0.25, 0.3) is 0 Å². The SMILES string of the molecule is CC(=O)OC(=O)[C@H](C)N.[H-].[Na+]. The number of esters is 2. The molecule has 10 heavy (non-hydrogen) atoms. The average Bonchev–Trinajstić information content (AvgIpc) is 1.63. The van der Waals surface area contributed by atoms with Crippen molar-refractivity contribution in [3.8, 4) is 0 Å². The van der Waals surface area contributed by atoms with E-state index in [-0.39, 0.29) is 31.0 Å². The van der Waals surface area contributed by atoms with Gasteiger partial charge in [-0.2, -0.15) is 0 Å². The number of hydrogen-bond donors (Lipinski definition) is 1. The molecule has 0 fully saturated rings. The minimum Gasteiger partial charge on any atom is -1.00 e. The zero-order chi connectivity index (χ0) is 7.44. The van der Waals surface area contributed by atoms with Gasteiger partial charge >= 0.3 is 41.5 Å². The molecule has 0 saturated heterocycles.